The quantitative estimate of drug-likeness (QED) is 0.672. The first-order valence-electron chi connectivity index (χ1n) is 5.43. The van der Waals surface area contributed by atoms with Gasteiger partial charge in [-0.15, -0.1) is 0 Å². The van der Waals surface area contributed by atoms with E-state index in [0.29, 0.717) is 13.1 Å². The number of nitrogens with zero attached hydrogens (tertiary/aromatic N) is 3. The van der Waals surface area contributed by atoms with E-state index in [-0.39, 0.29) is 5.97 Å². The van der Waals surface area contributed by atoms with E-state index in [0.717, 1.165) is 18.7 Å². The maximum absolute atomic E-state index is 11.2. The largest absolute Gasteiger partial charge is 0.468 e. The molecule has 0 saturated heterocycles. The lowest BCUT2D eigenvalue weighted by Gasteiger charge is -2.18. The van der Waals surface area contributed by atoms with Gasteiger partial charge in [-0.1, -0.05) is 6.92 Å². The molecule has 5 nitrogen and oxygen atoms in total. The van der Waals surface area contributed by atoms with Gasteiger partial charge in [0.2, 0.25) is 0 Å². The normalized spacial score (nSPS) is 10.8. The molecule has 0 fully saturated rings. The molecule has 90 valence electrons. The van der Waals surface area contributed by atoms with Crippen LogP contribution in [0.2, 0.25) is 0 Å². The van der Waals surface area contributed by atoms with E-state index >= 15 is 0 Å². The number of carbonyl (C=O) groups is 1. The molecule has 1 aromatic heterocycles. The number of rotatable bonds is 6. The second-order valence-electron chi connectivity index (χ2n) is 3.77. The van der Waals surface area contributed by atoms with Gasteiger partial charge in [0.25, 0.3) is 0 Å². The third kappa shape index (κ3) is 4.02. The summed E-state index contributed by atoms with van der Waals surface area (Å²) in [6.07, 6.45) is 2.90. The molecule has 0 aliphatic heterocycles. The summed E-state index contributed by atoms with van der Waals surface area (Å²) in [5.41, 5.74) is 0.972. The topological polar surface area (TPSA) is 47.4 Å². The third-order valence-electron chi connectivity index (χ3n) is 2.27. The molecule has 5 heteroatoms. The van der Waals surface area contributed by atoms with Crippen molar-refractivity contribution in [1.29, 1.82) is 0 Å². The van der Waals surface area contributed by atoms with Gasteiger partial charge in [-0.2, -0.15) is 5.10 Å². The summed E-state index contributed by atoms with van der Waals surface area (Å²) in [4.78, 5) is 13.2. The first kappa shape index (κ1) is 12.7. The van der Waals surface area contributed by atoms with Crippen LogP contribution in [0.3, 0.4) is 0 Å². The Morgan fingerprint density at radius 2 is 2.38 bits per heavy atom. The zero-order valence-corrected chi connectivity index (χ0v) is 10.1. The Morgan fingerprint density at radius 3 is 2.88 bits per heavy atom. The molecule has 1 aromatic rings. The molecule has 0 radical (unpaired) electrons. The lowest BCUT2D eigenvalue weighted by molar-refractivity contribution is -0.142. The Morgan fingerprint density at radius 1 is 1.62 bits per heavy atom. The van der Waals surface area contributed by atoms with Crippen molar-refractivity contribution < 1.29 is 9.53 Å². The van der Waals surface area contributed by atoms with E-state index < -0.39 is 0 Å². The average molecular weight is 225 g/mol. The Bertz CT molecular complexity index is 336. The molecule has 0 unspecified atom stereocenters. The SMILES string of the molecule is CCCN(CC(=O)OC)Cc1ccn(C)n1. The summed E-state index contributed by atoms with van der Waals surface area (Å²) in [5.74, 6) is -0.204. The van der Waals surface area contributed by atoms with Crippen LogP contribution in [0, 0.1) is 0 Å². The highest BCUT2D eigenvalue weighted by atomic mass is 16.5. The second-order valence-corrected chi connectivity index (χ2v) is 3.77. The Hall–Kier alpha value is -1.36. The fourth-order valence-electron chi connectivity index (χ4n) is 1.55. The monoisotopic (exact) mass is 225 g/mol. The smallest absolute Gasteiger partial charge is 0.319 e. The number of aryl methyl sites for hydroxylation is 1. The number of aromatic nitrogens is 2. The van der Waals surface area contributed by atoms with Gasteiger partial charge in [-0.3, -0.25) is 14.4 Å². The van der Waals surface area contributed by atoms with Crippen molar-refractivity contribution in [3.05, 3.63) is 18.0 Å². The molecular weight excluding hydrogens is 206 g/mol. The van der Waals surface area contributed by atoms with Crippen LogP contribution >= 0.6 is 0 Å². The number of hydrogen-bond acceptors (Lipinski definition) is 4. The summed E-state index contributed by atoms with van der Waals surface area (Å²) >= 11 is 0. The summed E-state index contributed by atoms with van der Waals surface area (Å²) in [6, 6.07) is 1.96. The van der Waals surface area contributed by atoms with Crippen LogP contribution in [0.1, 0.15) is 19.0 Å². The standard InChI is InChI=1S/C11H19N3O2/c1-4-6-14(9-11(15)16-3)8-10-5-7-13(2)12-10/h5,7H,4,6,8-9H2,1-3H3. The summed E-state index contributed by atoms with van der Waals surface area (Å²) < 4.78 is 6.43. The molecule has 1 rings (SSSR count). The predicted molar refractivity (Wildman–Crippen MR) is 60.8 cm³/mol. The molecule has 0 saturated carbocycles. The van der Waals surface area contributed by atoms with Crippen molar-refractivity contribution >= 4 is 5.97 Å². The number of carbonyl (C=O) groups excluding carboxylic acids is 1. The second kappa shape index (κ2) is 6.27. The van der Waals surface area contributed by atoms with Crippen molar-refractivity contribution in [3.8, 4) is 0 Å². The lowest BCUT2D eigenvalue weighted by Crippen LogP contribution is -2.31. The Kier molecular flexibility index (Phi) is 4.98. The van der Waals surface area contributed by atoms with Crippen LogP contribution in [0.4, 0.5) is 0 Å². The number of esters is 1. The van der Waals surface area contributed by atoms with E-state index in [9.17, 15) is 4.79 Å². The predicted octanol–water partition coefficient (Wildman–Crippen LogP) is 0.805. The van der Waals surface area contributed by atoms with Crippen LogP contribution < -0.4 is 0 Å². The van der Waals surface area contributed by atoms with Crippen LogP contribution in [-0.4, -0.2) is 40.8 Å². The van der Waals surface area contributed by atoms with Crippen molar-refractivity contribution in [2.24, 2.45) is 7.05 Å². The molecule has 0 bridgehead atoms. The minimum atomic E-state index is -0.204. The van der Waals surface area contributed by atoms with Crippen LogP contribution in [0.5, 0.6) is 0 Å². The fraction of sp³-hybridized carbons (Fsp3) is 0.636. The highest BCUT2D eigenvalue weighted by Crippen LogP contribution is 2.02. The van der Waals surface area contributed by atoms with Gasteiger partial charge in [0.15, 0.2) is 0 Å². The van der Waals surface area contributed by atoms with Crippen LogP contribution in [-0.2, 0) is 23.1 Å². The molecule has 0 spiro atoms. The fourth-order valence-corrected chi connectivity index (χ4v) is 1.55. The van der Waals surface area contributed by atoms with Gasteiger partial charge < -0.3 is 4.74 Å². The van der Waals surface area contributed by atoms with Crippen molar-refractivity contribution in [1.82, 2.24) is 14.7 Å². The van der Waals surface area contributed by atoms with E-state index in [4.69, 9.17) is 0 Å². The number of ether oxygens (including phenoxy) is 1. The van der Waals surface area contributed by atoms with Gasteiger partial charge in [-0.25, -0.2) is 0 Å². The van der Waals surface area contributed by atoms with E-state index in [2.05, 4.69) is 16.8 Å². The van der Waals surface area contributed by atoms with Gasteiger partial charge in [0, 0.05) is 19.8 Å². The number of methoxy groups -OCH3 is 1. The highest BCUT2D eigenvalue weighted by Gasteiger charge is 2.11. The van der Waals surface area contributed by atoms with Gasteiger partial charge in [-0.05, 0) is 19.0 Å². The van der Waals surface area contributed by atoms with Gasteiger partial charge >= 0.3 is 5.97 Å². The van der Waals surface area contributed by atoms with E-state index in [1.165, 1.54) is 7.11 Å². The molecule has 0 aliphatic rings. The maximum atomic E-state index is 11.2. The first-order valence-corrected chi connectivity index (χ1v) is 5.43. The molecular formula is C11H19N3O2. The lowest BCUT2D eigenvalue weighted by atomic mass is 10.3. The van der Waals surface area contributed by atoms with Crippen molar-refractivity contribution in [2.75, 3.05) is 20.2 Å². The molecule has 1 heterocycles. The molecule has 0 atom stereocenters. The molecule has 0 amide bonds. The number of hydrogen-bond donors (Lipinski definition) is 0. The zero-order chi connectivity index (χ0) is 12.0. The van der Waals surface area contributed by atoms with Gasteiger partial charge in [0.1, 0.15) is 0 Å². The molecule has 0 aliphatic carbocycles. The maximum Gasteiger partial charge on any atom is 0.319 e. The Labute approximate surface area is 96.0 Å². The third-order valence-corrected chi connectivity index (χ3v) is 2.27. The van der Waals surface area contributed by atoms with Gasteiger partial charge in [0.05, 0.1) is 19.3 Å². The van der Waals surface area contributed by atoms with E-state index in [1.807, 2.05) is 24.2 Å². The summed E-state index contributed by atoms with van der Waals surface area (Å²) in [7, 11) is 3.29. The average Bonchev–Trinajstić information content (AvgIpc) is 2.64. The molecule has 16 heavy (non-hydrogen) atoms. The minimum absolute atomic E-state index is 0.204. The summed E-state index contributed by atoms with van der Waals surface area (Å²) in [6.45, 7) is 3.96. The van der Waals surface area contributed by atoms with Crippen LogP contribution in [0.25, 0.3) is 0 Å². The van der Waals surface area contributed by atoms with Crippen LogP contribution in [0.15, 0.2) is 12.3 Å². The van der Waals surface area contributed by atoms with Crippen molar-refractivity contribution in [2.45, 2.75) is 19.9 Å². The van der Waals surface area contributed by atoms with Crippen molar-refractivity contribution in [3.63, 3.8) is 0 Å². The molecule has 0 aromatic carbocycles. The first-order chi connectivity index (χ1) is 7.65. The highest BCUT2D eigenvalue weighted by molar-refractivity contribution is 5.71. The zero-order valence-electron chi connectivity index (χ0n) is 10.1. The Balaban J connectivity index is 2.53. The summed E-state index contributed by atoms with van der Waals surface area (Å²) in [5, 5.41) is 4.29. The minimum Gasteiger partial charge on any atom is -0.468 e. The molecule has 0 N–H and O–H groups in total. The van der Waals surface area contributed by atoms with E-state index in [1.54, 1.807) is 4.68 Å².